The Balaban J connectivity index is 1.69. The van der Waals surface area contributed by atoms with Crippen molar-refractivity contribution in [3.05, 3.63) is 0 Å². The van der Waals surface area contributed by atoms with Gasteiger partial charge >= 0.3 is 0 Å². The SMILES string of the molecule is CCC1CCCC(N)(C2CCOC3(CCOC3)C2)C1. The highest BCUT2D eigenvalue weighted by Gasteiger charge is 2.47. The van der Waals surface area contributed by atoms with E-state index in [0.29, 0.717) is 5.92 Å². The summed E-state index contributed by atoms with van der Waals surface area (Å²) in [6.45, 7) is 4.84. The van der Waals surface area contributed by atoms with Gasteiger partial charge in [0.25, 0.3) is 0 Å². The molecular formula is C16H29NO2. The van der Waals surface area contributed by atoms with Gasteiger partial charge in [0.05, 0.1) is 12.2 Å². The standard InChI is InChI=1S/C16H29NO2/c1-2-13-4-3-6-16(17,10-13)14-5-8-19-15(11-14)7-9-18-12-15/h13-14H,2-12,17H2,1H3. The minimum absolute atomic E-state index is 0.00838. The fourth-order valence-corrected chi connectivity index (χ4v) is 4.56. The molecule has 3 fully saturated rings. The monoisotopic (exact) mass is 267 g/mol. The molecule has 3 aliphatic rings. The molecule has 0 radical (unpaired) electrons. The topological polar surface area (TPSA) is 44.5 Å². The van der Waals surface area contributed by atoms with Crippen LogP contribution in [0.25, 0.3) is 0 Å². The van der Waals surface area contributed by atoms with Crippen LogP contribution in [0, 0.1) is 11.8 Å². The lowest BCUT2D eigenvalue weighted by molar-refractivity contribution is -0.113. The Labute approximate surface area is 117 Å². The third-order valence-corrected chi connectivity index (χ3v) is 5.87. The lowest BCUT2D eigenvalue weighted by Gasteiger charge is -2.48. The van der Waals surface area contributed by atoms with Crippen LogP contribution in [0.4, 0.5) is 0 Å². The van der Waals surface area contributed by atoms with E-state index in [1.165, 1.54) is 32.1 Å². The van der Waals surface area contributed by atoms with Crippen LogP contribution >= 0.6 is 0 Å². The third kappa shape index (κ3) is 2.70. The molecule has 4 atom stereocenters. The molecule has 1 aliphatic carbocycles. The van der Waals surface area contributed by atoms with Gasteiger partial charge in [0.15, 0.2) is 0 Å². The summed E-state index contributed by atoms with van der Waals surface area (Å²) < 4.78 is 11.6. The van der Waals surface area contributed by atoms with Gasteiger partial charge in [-0.3, -0.25) is 0 Å². The van der Waals surface area contributed by atoms with Crippen LogP contribution in [0.5, 0.6) is 0 Å². The molecule has 1 spiro atoms. The highest BCUT2D eigenvalue weighted by atomic mass is 16.6. The Morgan fingerprint density at radius 2 is 2.05 bits per heavy atom. The molecule has 0 aromatic heterocycles. The normalized spacial score (nSPS) is 47.7. The largest absolute Gasteiger partial charge is 0.378 e. The van der Waals surface area contributed by atoms with Gasteiger partial charge in [0.2, 0.25) is 0 Å². The molecule has 19 heavy (non-hydrogen) atoms. The molecule has 2 heterocycles. The molecule has 0 aromatic rings. The Morgan fingerprint density at radius 3 is 2.79 bits per heavy atom. The van der Waals surface area contributed by atoms with Crippen LogP contribution in [0.15, 0.2) is 0 Å². The highest BCUT2D eigenvalue weighted by Crippen LogP contribution is 2.45. The summed E-state index contributed by atoms with van der Waals surface area (Å²) in [5, 5.41) is 0. The zero-order chi connectivity index (χ0) is 13.3. The summed E-state index contributed by atoms with van der Waals surface area (Å²) in [6, 6.07) is 0. The fraction of sp³-hybridized carbons (Fsp3) is 1.00. The van der Waals surface area contributed by atoms with Gasteiger partial charge in [0, 0.05) is 25.2 Å². The Morgan fingerprint density at radius 1 is 1.16 bits per heavy atom. The molecule has 3 heteroatoms. The molecule has 0 amide bonds. The van der Waals surface area contributed by atoms with Crippen molar-refractivity contribution in [1.29, 1.82) is 0 Å². The van der Waals surface area contributed by atoms with Gasteiger partial charge in [-0.25, -0.2) is 0 Å². The number of hydrogen-bond acceptors (Lipinski definition) is 3. The first-order valence-corrected chi connectivity index (χ1v) is 8.16. The van der Waals surface area contributed by atoms with Crippen molar-refractivity contribution in [3.63, 3.8) is 0 Å². The van der Waals surface area contributed by atoms with Gasteiger partial charge in [-0.15, -0.1) is 0 Å². The molecule has 4 unspecified atom stereocenters. The first-order valence-electron chi connectivity index (χ1n) is 8.16. The molecule has 2 aliphatic heterocycles. The van der Waals surface area contributed by atoms with Gasteiger partial charge < -0.3 is 15.2 Å². The van der Waals surface area contributed by atoms with E-state index in [-0.39, 0.29) is 11.1 Å². The molecular weight excluding hydrogens is 238 g/mol. The van der Waals surface area contributed by atoms with Crippen LogP contribution in [-0.4, -0.2) is 31.0 Å². The summed E-state index contributed by atoms with van der Waals surface area (Å²) in [6.07, 6.45) is 9.76. The van der Waals surface area contributed by atoms with Crippen LogP contribution in [0.1, 0.15) is 58.3 Å². The summed E-state index contributed by atoms with van der Waals surface area (Å²) in [4.78, 5) is 0. The number of rotatable bonds is 2. The minimum atomic E-state index is 0.00838. The quantitative estimate of drug-likeness (QED) is 0.836. The lowest BCUT2D eigenvalue weighted by atomic mass is 9.64. The van der Waals surface area contributed by atoms with Gasteiger partial charge in [-0.2, -0.15) is 0 Å². The van der Waals surface area contributed by atoms with Crippen LogP contribution in [0.2, 0.25) is 0 Å². The molecule has 3 nitrogen and oxygen atoms in total. The predicted octanol–water partition coefficient (Wildman–Crippen LogP) is 2.87. The van der Waals surface area contributed by atoms with E-state index < -0.39 is 0 Å². The predicted molar refractivity (Wildman–Crippen MR) is 76.0 cm³/mol. The Hall–Kier alpha value is -0.120. The molecule has 0 aromatic carbocycles. The van der Waals surface area contributed by atoms with Crippen molar-refractivity contribution in [2.24, 2.45) is 17.6 Å². The Bertz CT molecular complexity index is 314. The third-order valence-electron chi connectivity index (χ3n) is 5.87. The molecule has 1 saturated carbocycles. The van der Waals surface area contributed by atoms with Crippen molar-refractivity contribution >= 4 is 0 Å². The smallest absolute Gasteiger partial charge is 0.0940 e. The lowest BCUT2D eigenvalue weighted by Crippen LogP contribution is -2.55. The maximum absolute atomic E-state index is 6.85. The van der Waals surface area contributed by atoms with E-state index in [9.17, 15) is 0 Å². The minimum Gasteiger partial charge on any atom is -0.378 e. The van der Waals surface area contributed by atoms with Crippen LogP contribution < -0.4 is 5.73 Å². The second-order valence-corrected chi connectivity index (χ2v) is 7.13. The molecule has 110 valence electrons. The second-order valence-electron chi connectivity index (χ2n) is 7.13. The van der Waals surface area contributed by atoms with E-state index >= 15 is 0 Å². The van der Waals surface area contributed by atoms with Crippen molar-refractivity contribution in [1.82, 2.24) is 0 Å². The van der Waals surface area contributed by atoms with Gasteiger partial charge in [-0.05, 0) is 37.5 Å². The van der Waals surface area contributed by atoms with E-state index in [4.69, 9.17) is 15.2 Å². The second kappa shape index (κ2) is 5.34. The summed E-state index contributed by atoms with van der Waals surface area (Å²) in [7, 11) is 0. The Kier molecular flexibility index (Phi) is 3.89. The van der Waals surface area contributed by atoms with Gasteiger partial charge in [0.1, 0.15) is 0 Å². The van der Waals surface area contributed by atoms with Gasteiger partial charge in [-0.1, -0.05) is 26.2 Å². The number of ether oxygens (including phenoxy) is 2. The molecule has 2 saturated heterocycles. The van der Waals surface area contributed by atoms with Crippen molar-refractivity contribution in [2.45, 2.75) is 69.4 Å². The maximum Gasteiger partial charge on any atom is 0.0940 e. The van der Waals surface area contributed by atoms with E-state index in [1.54, 1.807) is 0 Å². The summed E-state index contributed by atoms with van der Waals surface area (Å²) >= 11 is 0. The average molecular weight is 267 g/mol. The van der Waals surface area contributed by atoms with E-state index in [1.807, 2.05) is 0 Å². The van der Waals surface area contributed by atoms with Crippen LogP contribution in [0.3, 0.4) is 0 Å². The molecule has 3 rings (SSSR count). The van der Waals surface area contributed by atoms with Crippen molar-refractivity contribution in [2.75, 3.05) is 19.8 Å². The van der Waals surface area contributed by atoms with Crippen molar-refractivity contribution in [3.8, 4) is 0 Å². The highest BCUT2D eigenvalue weighted by molar-refractivity contribution is 5.01. The maximum atomic E-state index is 6.85. The first-order chi connectivity index (χ1) is 9.16. The molecule has 2 N–H and O–H groups in total. The zero-order valence-electron chi connectivity index (χ0n) is 12.3. The number of nitrogens with two attached hydrogens (primary N) is 1. The van der Waals surface area contributed by atoms with Crippen molar-refractivity contribution < 1.29 is 9.47 Å². The summed E-state index contributed by atoms with van der Waals surface area (Å²) in [5.41, 5.74) is 6.93. The van der Waals surface area contributed by atoms with Crippen LogP contribution in [-0.2, 0) is 9.47 Å². The molecule has 0 bridgehead atoms. The zero-order valence-corrected chi connectivity index (χ0v) is 12.3. The average Bonchev–Trinajstić information content (AvgIpc) is 2.87. The van der Waals surface area contributed by atoms with E-state index in [2.05, 4.69) is 6.92 Å². The fourth-order valence-electron chi connectivity index (χ4n) is 4.56. The first kappa shape index (κ1) is 13.8. The van der Waals surface area contributed by atoms with E-state index in [0.717, 1.165) is 45.0 Å². The summed E-state index contributed by atoms with van der Waals surface area (Å²) in [5.74, 6) is 1.48. The number of hydrogen-bond donors (Lipinski definition) is 1.